The molecule has 0 saturated heterocycles. The van der Waals surface area contributed by atoms with Gasteiger partial charge >= 0.3 is 0 Å². The van der Waals surface area contributed by atoms with E-state index in [9.17, 15) is 0 Å². The maximum Gasteiger partial charge on any atom is 0.0304 e. The van der Waals surface area contributed by atoms with Crippen molar-refractivity contribution in [1.82, 2.24) is 5.32 Å². The highest BCUT2D eigenvalue weighted by molar-refractivity contribution is 7.10. The van der Waals surface area contributed by atoms with Crippen molar-refractivity contribution in [3.8, 4) is 0 Å². The summed E-state index contributed by atoms with van der Waals surface area (Å²) in [5.74, 6) is 0.767. The van der Waals surface area contributed by atoms with Crippen LogP contribution in [0.15, 0.2) is 35.7 Å². The number of nitrogens with one attached hydrogen (secondary N) is 1. The summed E-state index contributed by atoms with van der Waals surface area (Å²) >= 11 is 1.86. The molecule has 19 heavy (non-hydrogen) atoms. The molecule has 1 aromatic carbocycles. The summed E-state index contributed by atoms with van der Waals surface area (Å²) in [6.07, 6.45) is 2.57. The Labute approximate surface area is 119 Å². The smallest absolute Gasteiger partial charge is 0.0304 e. The van der Waals surface area contributed by atoms with E-state index in [1.165, 1.54) is 28.8 Å². The van der Waals surface area contributed by atoms with Crippen LogP contribution >= 0.6 is 11.3 Å². The van der Waals surface area contributed by atoms with Crippen LogP contribution in [0.3, 0.4) is 0 Å². The number of rotatable bonds is 4. The molecule has 3 rings (SSSR count). The SMILES string of the molecule is Cc1ccccc1C1CC(NCc2sccc2C)C1. The third kappa shape index (κ3) is 2.75. The van der Waals surface area contributed by atoms with E-state index in [-0.39, 0.29) is 0 Å². The maximum absolute atomic E-state index is 3.69. The fraction of sp³-hybridized carbons (Fsp3) is 0.412. The van der Waals surface area contributed by atoms with Gasteiger partial charge in [0.05, 0.1) is 0 Å². The van der Waals surface area contributed by atoms with Crippen LogP contribution in [0.1, 0.15) is 40.3 Å². The van der Waals surface area contributed by atoms with Gasteiger partial charge in [-0.15, -0.1) is 11.3 Å². The van der Waals surface area contributed by atoms with Crippen molar-refractivity contribution in [2.24, 2.45) is 0 Å². The van der Waals surface area contributed by atoms with Crippen LogP contribution in [0, 0.1) is 13.8 Å². The van der Waals surface area contributed by atoms with E-state index in [0.29, 0.717) is 6.04 Å². The molecule has 0 aliphatic heterocycles. The summed E-state index contributed by atoms with van der Waals surface area (Å²) in [5.41, 5.74) is 4.42. The van der Waals surface area contributed by atoms with Gasteiger partial charge in [0, 0.05) is 17.5 Å². The highest BCUT2D eigenvalue weighted by atomic mass is 32.1. The van der Waals surface area contributed by atoms with E-state index in [2.05, 4.69) is 54.9 Å². The topological polar surface area (TPSA) is 12.0 Å². The first kappa shape index (κ1) is 12.9. The third-order valence-corrected chi connectivity index (χ3v) is 5.31. The molecule has 1 nitrogen and oxygen atoms in total. The Morgan fingerprint density at radius 3 is 2.58 bits per heavy atom. The van der Waals surface area contributed by atoms with E-state index < -0.39 is 0 Å². The first-order valence-corrected chi connectivity index (χ1v) is 7.94. The van der Waals surface area contributed by atoms with Crippen LogP contribution in [-0.4, -0.2) is 6.04 Å². The van der Waals surface area contributed by atoms with Gasteiger partial charge in [-0.3, -0.25) is 0 Å². The lowest BCUT2D eigenvalue weighted by Gasteiger charge is -2.37. The van der Waals surface area contributed by atoms with Crippen molar-refractivity contribution in [3.05, 3.63) is 57.3 Å². The summed E-state index contributed by atoms with van der Waals surface area (Å²) in [4.78, 5) is 1.49. The molecule has 2 aromatic rings. The van der Waals surface area contributed by atoms with E-state index in [4.69, 9.17) is 0 Å². The largest absolute Gasteiger partial charge is 0.309 e. The zero-order chi connectivity index (χ0) is 13.2. The minimum atomic E-state index is 0.700. The molecule has 1 heterocycles. The fourth-order valence-electron chi connectivity index (χ4n) is 2.91. The van der Waals surface area contributed by atoms with Crippen LogP contribution < -0.4 is 5.32 Å². The highest BCUT2D eigenvalue weighted by Crippen LogP contribution is 2.38. The molecule has 2 heteroatoms. The van der Waals surface area contributed by atoms with Crippen LogP contribution in [-0.2, 0) is 6.54 Å². The van der Waals surface area contributed by atoms with Crippen molar-refractivity contribution < 1.29 is 0 Å². The normalized spacial score (nSPS) is 22.2. The number of aryl methyl sites for hydroxylation is 2. The number of hydrogen-bond donors (Lipinski definition) is 1. The minimum absolute atomic E-state index is 0.700. The predicted molar refractivity (Wildman–Crippen MR) is 82.8 cm³/mol. The first-order chi connectivity index (χ1) is 9.24. The molecule has 0 unspecified atom stereocenters. The van der Waals surface area contributed by atoms with Crippen LogP contribution in [0.5, 0.6) is 0 Å². The molecular formula is C17H21NS. The Kier molecular flexibility index (Phi) is 3.72. The average molecular weight is 271 g/mol. The fourth-order valence-corrected chi connectivity index (χ4v) is 3.76. The van der Waals surface area contributed by atoms with Crippen LogP contribution in [0.25, 0.3) is 0 Å². The highest BCUT2D eigenvalue weighted by Gasteiger charge is 2.30. The summed E-state index contributed by atoms with van der Waals surface area (Å²) in [6.45, 7) is 5.46. The van der Waals surface area contributed by atoms with Gasteiger partial charge in [0.2, 0.25) is 0 Å². The molecule has 1 aliphatic carbocycles. The van der Waals surface area contributed by atoms with Gasteiger partial charge < -0.3 is 5.32 Å². The molecule has 1 aromatic heterocycles. The summed E-state index contributed by atoms with van der Waals surface area (Å²) < 4.78 is 0. The van der Waals surface area contributed by atoms with Gasteiger partial charge in [-0.05, 0) is 60.7 Å². The predicted octanol–water partition coefficient (Wildman–Crippen LogP) is 4.40. The maximum atomic E-state index is 3.69. The van der Waals surface area contributed by atoms with Gasteiger partial charge in [-0.2, -0.15) is 0 Å². The second-order valence-corrected chi connectivity index (χ2v) is 6.63. The van der Waals surface area contributed by atoms with Crippen molar-refractivity contribution >= 4 is 11.3 Å². The minimum Gasteiger partial charge on any atom is -0.309 e. The third-order valence-electron chi connectivity index (χ3n) is 4.29. The molecule has 0 bridgehead atoms. The molecule has 0 radical (unpaired) electrons. The molecule has 0 amide bonds. The van der Waals surface area contributed by atoms with E-state index in [1.807, 2.05) is 11.3 Å². The van der Waals surface area contributed by atoms with Gasteiger partial charge in [-0.1, -0.05) is 24.3 Å². The number of thiophene rings is 1. The Bertz CT molecular complexity index is 552. The Morgan fingerprint density at radius 1 is 1.11 bits per heavy atom. The van der Waals surface area contributed by atoms with Gasteiger partial charge in [0.1, 0.15) is 0 Å². The quantitative estimate of drug-likeness (QED) is 0.869. The summed E-state index contributed by atoms with van der Waals surface area (Å²) in [5, 5.41) is 5.88. The Hall–Kier alpha value is -1.12. The van der Waals surface area contributed by atoms with Gasteiger partial charge in [0.15, 0.2) is 0 Å². The van der Waals surface area contributed by atoms with E-state index in [0.717, 1.165) is 12.5 Å². The van der Waals surface area contributed by atoms with Gasteiger partial charge in [-0.25, -0.2) is 0 Å². The molecule has 0 spiro atoms. The van der Waals surface area contributed by atoms with E-state index in [1.54, 1.807) is 5.56 Å². The lowest BCUT2D eigenvalue weighted by molar-refractivity contribution is 0.289. The molecule has 1 fully saturated rings. The lowest BCUT2D eigenvalue weighted by atomic mass is 9.74. The van der Waals surface area contributed by atoms with Crippen molar-refractivity contribution in [2.45, 2.75) is 45.2 Å². The standard InChI is InChI=1S/C17H21NS/c1-12-5-3-4-6-16(12)14-9-15(10-14)18-11-17-13(2)7-8-19-17/h3-8,14-15,18H,9-11H2,1-2H3. The Morgan fingerprint density at radius 2 is 1.89 bits per heavy atom. The molecule has 1 aliphatic rings. The van der Waals surface area contributed by atoms with E-state index >= 15 is 0 Å². The number of benzene rings is 1. The average Bonchev–Trinajstić information content (AvgIpc) is 2.75. The zero-order valence-corrected chi connectivity index (χ0v) is 12.5. The molecular weight excluding hydrogens is 250 g/mol. The molecule has 1 N–H and O–H groups in total. The van der Waals surface area contributed by atoms with Crippen LogP contribution in [0.4, 0.5) is 0 Å². The molecule has 1 saturated carbocycles. The van der Waals surface area contributed by atoms with Crippen LogP contribution in [0.2, 0.25) is 0 Å². The second-order valence-electron chi connectivity index (χ2n) is 5.63. The first-order valence-electron chi connectivity index (χ1n) is 7.06. The monoisotopic (exact) mass is 271 g/mol. The summed E-state index contributed by atoms with van der Waals surface area (Å²) in [7, 11) is 0. The second kappa shape index (κ2) is 5.48. The van der Waals surface area contributed by atoms with Gasteiger partial charge in [0.25, 0.3) is 0 Å². The Balaban J connectivity index is 1.51. The molecule has 0 atom stereocenters. The van der Waals surface area contributed by atoms with Crippen molar-refractivity contribution in [3.63, 3.8) is 0 Å². The van der Waals surface area contributed by atoms with Crippen molar-refractivity contribution in [1.29, 1.82) is 0 Å². The lowest BCUT2D eigenvalue weighted by Crippen LogP contribution is -2.39. The number of hydrogen-bond acceptors (Lipinski definition) is 2. The zero-order valence-electron chi connectivity index (χ0n) is 11.6. The molecule has 100 valence electrons. The summed E-state index contributed by atoms with van der Waals surface area (Å²) in [6, 6.07) is 11.7. The van der Waals surface area contributed by atoms with Crippen molar-refractivity contribution in [2.75, 3.05) is 0 Å².